The van der Waals surface area contributed by atoms with Gasteiger partial charge in [-0.2, -0.15) is 0 Å². The maximum absolute atomic E-state index is 12.3. The SMILES string of the molecule is C=CCn1c(SCC(=O)Nc2ccc(C)c(C)c2)nnc1-c1csc(C)c1. The smallest absolute Gasteiger partial charge is 0.234 e. The van der Waals surface area contributed by atoms with Crippen molar-refractivity contribution in [3.8, 4) is 11.4 Å². The maximum Gasteiger partial charge on any atom is 0.234 e. The maximum atomic E-state index is 12.3. The second-order valence-electron chi connectivity index (χ2n) is 6.29. The van der Waals surface area contributed by atoms with E-state index in [1.807, 2.05) is 35.8 Å². The van der Waals surface area contributed by atoms with E-state index in [2.05, 4.69) is 47.4 Å². The van der Waals surface area contributed by atoms with Gasteiger partial charge in [0.2, 0.25) is 5.91 Å². The van der Waals surface area contributed by atoms with Gasteiger partial charge in [-0.05, 0) is 50.1 Å². The Bertz CT molecular complexity index is 974. The number of aryl methyl sites for hydroxylation is 3. The minimum atomic E-state index is -0.0654. The van der Waals surface area contributed by atoms with E-state index >= 15 is 0 Å². The number of anilines is 1. The molecule has 0 saturated carbocycles. The molecule has 140 valence electrons. The van der Waals surface area contributed by atoms with E-state index in [1.165, 1.54) is 22.2 Å². The third-order valence-corrected chi connectivity index (χ3v) is 5.97. The highest BCUT2D eigenvalue weighted by Gasteiger charge is 2.16. The number of nitrogens with one attached hydrogen (secondary N) is 1. The Morgan fingerprint density at radius 2 is 2.07 bits per heavy atom. The molecule has 2 aromatic heterocycles. The summed E-state index contributed by atoms with van der Waals surface area (Å²) in [6.45, 7) is 10.6. The molecular weight excluding hydrogens is 376 g/mol. The molecule has 0 radical (unpaired) electrons. The van der Waals surface area contributed by atoms with Crippen LogP contribution in [0.15, 0.2) is 47.5 Å². The molecule has 7 heteroatoms. The first-order chi connectivity index (χ1) is 13.0. The summed E-state index contributed by atoms with van der Waals surface area (Å²) >= 11 is 3.06. The van der Waals surface area contributed by atoms with Crippen molar-refractivity contribution in [2.24, 2.45) is 0 Å². The van der Waals surface area contributed by atoms with Gasteiger partial charge < -0.3 is 5.32 Å². The number of nitrogens with zero attached hydrogens (tertiary/aromatic N) is 3. The summed E-state index contributed by atoms with van der Waals surface area (Å²) in [6, 6.07) is 8.00. The zero-order chi connectivity index (χ0) is 19.4. The monoisotopic (exact) mass is 398 g/mol. The molecule has 0 atom stereocenters. The van der Waals surface area contributed by atoms with Gasteiger partial charge in [-0.3, -0.25) is 9.36 Å². The van der Waals surface area contributed by atoms with Crippen LogP contribution in [0.1, 0.15) is 16.0 Å². The molecule has 0 aliphatic carbocycles. The van der Waals surface area contributed by atoms with Gasteiger partial charge in [0.25, 0.3) is 0 Å². The number of hydrogen-bond donors (Lipinski definition) is 1. The Morgan fingerprint density at radius 1 is 1.26 bits per heavy atom. The standard InChI is InChI=1S/C20H22N4OS2/c1-5-8-24-19(16-10-15(4)26-11-16)22-23-20(24)27-12-18(25)21-17-7-6-13(2)14(3)9-17/h5-7,9-11H,1,8,12H2,2-4H3,(H,21,25). The lowest BCUT2D eigenvalue weighted by Crippen LogP contribution is -2.14. The van der Waals surface area contributed by atoms with Crippen molar-refractivity contribution in [1.29, 1.82) is 0 Å². The van der Waals surface area contributed by atoms with Gasteiger partial charge in [-0.25, -0.2) is 0 Å². The highest BCUT2D eigenvalue weighted by Crippen LogP contribution is 2.27. The van der Waals surface area contributed by atoms with Crippen molar-refractivity contribution in [3.63, 3.8) is 0 Å². The van der Waals surface area contributed by atoms with Crippen molar-refractivity contribution in [2.45, 2.75) is 32.5 Å². The van der Waals surface area contributed by atoms with Gasteiger partial charge in [-0.15, -0.1) is 28.1 Å². The topological polar surface area (TPSA) is 59.8 Å². The molecule has 1 N–H and O–H groups in total. The van der Waals surface area contributed by atoms with Crippen molar-refractivity contribution in [2.75, 3.05) is 11.1 Å². The minimum absolute atomic E-state index is 0.0654. The van der Waals surface area contributed by atoms with Crippen LogP contribution in [0.3, 0.4) is 0 Å². The first kappa shape index (κ1) is 19.4. The third-order valence-electron chi connectivity index (χ3n) is 4.14. The second kappa shape index (κ2) is 8.54. The third kappa shape index (κ3) is 4.67. The Kier molecular flexibility index (Phi) is 6.13. The molecule has 0 spiro atoms. The number of amides is 1. The van der Waals surface area contributed by atoms with Gasteiger partial charge in [0, 0.05) is 28.1 Å². The second-order valence-corrected chi connectivity index (χ2v) is 8.35. The molecular formula is C20H22N4OS2. The van der Waals surface area contributed by atoms with E-state index in [1.54, 1.807) is 11.3 Å². The summed E-state index contributed by atoms with van der Waals surface area (Å²) in [5, 5.41) is 14.3. The number of aromatic nitrogens is 3. The van der Waals surface area contributed by atoms with Crippen LogP contribution in [0.5, 0.6) is 0 Å². The Morgan fingerprint density at radius 3 is 2.74 bits per heavy atom. The summed E-state index contributed by atoms with van der Waals surface area (Å²) in [6.07, 6.45) is 1.81. The number of carbonyl (C=O) groups excluding carboxylic acids is 1. The molecule has 3 rings (SSSR count). The predicted molar refractivity (Wildman–Crippen MR) is 114 cm³/mol. The van der Waals surface area contributed by atoms with Crippen molar-refractivity contribution >= 4 is 34.7 Å². The Hall–Kier alpha value is -2.38. The lowest BCUT2D eigenvalue weighted by Gasteiger charge is -2.08. The molecule has 27 heavy (non-hydrogen) atoms. The van der Waals surface area contributed by atoms with Crippen molar-refractivity contribution < 1.29 is 4.79 Å². The first-order valence-corrected chi connectivity index (χ1v) is 10.4. The van der Waals surface area contributed by atoms with E-state index in [4.69, 9.17) is 0 Å². The van der Waals surface area contributed by atoms with Crippen LogP contribution < -0.4 is 5.32 Å². The normalized spacial score (nSPS) is 10.8. The van der Waals surface area contributed by atoms with Gasteiger partial charge >= 0.3 is 0 Å². The van der Waals surface area contributed by atoms with Gasteiger partial charge in [0.1, 0.15) is 0 Å². The molecule has 0 fully saturated rings. The van der Waals surface area contributed by atoms with E-state index in [-0.39, 0.29) is 11.7 Å². The number of hydrogen-bond acceptors (Lipinski definition) is 5. The van der Waals surface area contributed by atoms with Crippen LogP contribution in [-0.4, -0.2) is 26.4 Å². The zero-order valence-electron chi connectivity index (χ0n) is 15.7. The lowest BCUT2D eigenvalue weighted by molar-refractivity contribution is -0.113. The number of rotatable bonds is 7. The van der Waals surface area contributed by atoms with E-state index in [0.717, 1.165) is 22.6 Å². The fraction of sp³-hybridized carbons (Fsp3) is 0.250. The van der Waals surface area contributed by atoms with Crippen LogP contribution in [0.4, 0.5) is 5.69 Å². The molecule has 1 aromatic carbocycles. The van der Waals surface area contributed by atoms with Crippen LogP contribution in [0, 0.1) is 20.8 Å². The summed E-state index contributed by atoms with van der Waals surface area (Å²) in [5.41, 5.74) is 4.21. The molecule has 1 amide bonds. The van der Waals surface area contributed by atoms with Crippen molar-refractivity contribution in [1.82, 2.24) is 14.8 Å². The van der Waals surface area contributed by atoms with Crippen LogP contribution in [0.25, 0.3) is 11.4 Å². The molecule has 0 unspecified atom stereocenters. The van der Waals surface area contributed by atoms with Crippen LogP contribution >= 0.6 is 23.1 Å². The molecule has 2 heterocycles. The predicted octanol–water partition coefficient (Wildman–Crippen LogP) is 4.85. The summed E-state index contributed by atoms with van der Waals surface area (Å²) < 4.78 is 1.99. The molecule has 5 nitrogen and oxygen atoms in total. The average molecular weight is 399 g/mol. The lowest BCUT2D eigenvalue weighted by atomic mass is 10.1. The van der Waals surface area contributed by atoms with Gasteiger partial charge in [-0.1, -0.05) is 23.9 Å². The van der Waals surface area contributed by atoms with Gasteiger partial charge in [0.15, 0.2) is 11.0 Å². The number of allylic oxidation sites excluding steroid dienone is 1. The molecule has 0 aliphatic heterocycles. The minimum Gasteiger partial charge on any atom is -0.325 e. The molecule has 0 bridgehead atoms. The summed E-state index contributed by atoms with van der Waals surface area (Å²) in [7, 11) is 0. The number of thioether (sulfide) groups is 1. The zero-order valence-corrected chi connectivity index (χ0v) is 17.3. The Balaban J connectivity index is 1.69. The number of carbonyl (C=O) groups is 1. The summed E-state index contributed by atoms with van der Waals surface area (Å²) in [5.74, 6) is 1.01. The quantitative estimate of drug-likeness (QED) is 0.457. The fourth-order valence-corrected chi connectivity index (χ4v) is 4.04. The largest absolute Gasteiger partial charge is 0.325 e. The van der Waals surface area contributed by atoms with Crippen LogP contribution in [0.2, 0.25) is 0 Å². The first-order valence-electron chi connectivity index (χ1n) is 8.57. The summed E-state index contributed by atoms with van der Waals surface area (Å²) in [4.78, 5) is 13.5. The van der Waals surface area contributed by atoms with E-state index in [9.17, 15) is 4.79 Å². The number of benzene rings is 1. The molecule has 0 saturated heterocycles. The fourth-order valence-electron chi connectivity index (χ4n) is 2.61. The highest BCUT2D eigenvalue weighted by molar-refractivity contribution is 7.99. The van der Waals surface area contributed by atoms with Crippen LogP contribution in [-0.2, 0) is 11.3 Å². The van der Waals surface area contributed by atoms with E-state index in [0.29, 0.717) is 11.7 Å². The average Bonchev–Trinajstić information content (AvgIpc) is 3.23. The van der Waals surface area contributed by atoms with Crippen molar-refractivity contribution in [3.05, 3.63) is 58.3 Å². The molecule has 0 aliphatic rings. The van der Waals surface area contributed by atoms with Gasteiger partial charge in [0.05, 0.1) is 5.75 Å². The Labute approximate surface area is 167 Å². The van der Waals surface area contributed by atoms with E-state index < -0.39 is 0 Å². The highest BCUT2D eigenvalue weighted by atomic mass is 32.2. The number of thiophene rings is 1. The molecule has 3 aromatic rings.